The summed E-state index contributed by atoms with van der Waals surface area (Å²) in [6.07, 6.45) is 5.18. The summed E-state index contributed by atoms with van der Waals surface area (Å²) in [4.78, 5) is 7.87. The van der Waals surface area contributed by atoms with Gasteiger partial charge >= 0.3 is 0 Å². The minimum Gasteiger partial charge on any atom is -0.382 e. The van der Waals surface area contributed by atoms with Crippen LogP contribution in [0, 0.1) is 5.82 Å². The number of benzene rings is 1. The van der Waals surface area contributed by atoms with Crippen LogP contribution in [-0.4, -0.2) is 23.7 Å². The molecule has 0 fully saturated rings. The first-order valence-corrected chi connectivity index (χ1v) is 7.66. The van der Waals surface area contributed by atoms with E-state index in [0.717, 1.165) is 11.1 Å². The molecule has 2 rings (SSSR count). The van der Waals surface area contributed by atoms with E-state index in [-0.39, 0.29) is 17.1 Å². The Hall–Kier alpha value is -1.69. The van der Waals surface area contributed by atoms with Gasteiger partial charge in [-0.1, -0.05) is 29.8 Å². The molecule has 122 valence electrons. The van der Waals surface area contributed by atoms with Gasteiger partial charge in [-0.05, 0) is 41.8 Å². The first-order valence-electron chi connectivity index (χ1n) is 6.90. The summed E-state index contributed by atoms with van der Waals surface area (Å²) in [6.45, 7) is 2.19. The molecule has 0 saturated heterocycles. The first-order chi connectivity index (χ1) is 11.0. The second kappa shape index (κ2) is 8.24. The lowest BCUT2D eigenvalue weighted by Gasteiger charge is -2.21. The Morgan fingerprint density at radius 3 is 2.87 bits per heavy atom. The molecule has 4 nitrogen and oxygen atoms in total. The van der Waals surface area contributed by atoms with E-state index >= 15 is 0 Å². The molecule has 0 aliphatic heterocycles. The average molecular weight is 356 g/mol. The van der Waals surface area contributed by atoms with Gasteiger partial charge in [-0.3, -0.25) is 0 Å². The van der Waals surface area contributed by atoms with Crippen LogP contribution in [0.25, 0.3) is 6.08 Å². The quantitative estimate of drug-likeness (QED) is 0.759. The number of aromatic nitrogens is 2. The smallest absolute Gasteiger partial charge is 0.224 e. The van der Waals surface area contributed by atoms with E-state index in [9.17, 15) is 4.39 Å². The second-order valence-corrected chi connectivity index (χ2v) is 5.51. The van der Waals surface area contributed by atoms with Gasteiger partial charge in [-0.2, -0.15) is 4.98 Å². The topological polar surface area (TPSA) is 47.0 Å². The Morgan fingerprint density at radius 2 is 2.17 bits per heavy atom. The lowest BCUT2D eigenvalue weighted by atomic mass is 10.00. The predicted octanol–water partition coefficient (Wildman–Crippen LogP) is 4.76. The third-order valence-electron chi connectivity index (χ3n) is 3.13. The monoisotopic (exact) mass is 355 g/mol. The van der Waals surface area contributed by atoms with Crippen LogP contribution in [0.15, 0.2) is 30.5 Å². The Balaban J connectivity index is 2.42. The summed E-state index contributed by atoms with van der Waals surface area (Å²) < 4.78 is 18.9. The van der Waals surface area contributed by atoms with E-state index in [1.807, 2.05) is 19.1 Å². The number of nitrogens with one attached hydrogen (secondary N) is 1. The number of anilines is 1. The minimum absolute atomic E-state index is 0.0704. The number of hydrogen-bond acceptors (Lipinski definition) is 4. The normalized spacial score (nSPS) is 12.6. The fourth-order valence-corrected chi connectivity index (χ4v) is 2.45. The molecule has 0 spiro atoms. The largest absolute Gasteiger partial charge is 0.382 e. The molecule has 0 bridgehead atoms. The lowest BCUT2D eigenvalue weighted by molar-refractivity contribution is 0.186. The van der Waals surface area contributed by atoms with Crippen molar-refractivity contribution in [2.45, 2.75) is 13.0 Å². The Bertz CT molecular complexity index is 710. The van der Waals surface area contributed by atoms with Crippen molar-refractivity contribution in [3.05, 3.63) is 57.7 Å². The maximum atomic E-state index is 13.7. The van der Waals surface area contributed by atoms with E-state index in [4.69, 9.17) is 27.9 Å². The van der Waals surface area contributed by atoms with E-state index in [0.29, 0.717) is 17.4 Å². The molecule has 0 saturated carbocycles. The van der Waals surface area contributed by atoms with Crippen molar-refractivity contribution in [2.75, 3.05) is 19.0 Å². The van der Waals surface area contributed by atoms with Gasteiger partial charge < -0.3 is 10.1 Å². The van der Waals surface area contributed by atoms with Crippen molar-refractivity contribution in [1.29, 1.82) is 0 Å². The van der Waals surface area contributed by atoms with E-state index in [1.165, 1.54) is 18.3 Å². The van der Waals surface area contributed by atoms with E-state index in [2.05, 4.69) is 15.3 Å². The van der Waals surface area contributed by atoms with Crippen molar-refractivity contribution in [2.24, 2.45) is 0 Å². The van der Waals surface area contributed by atoms with Crippen molar-refractivity contribution in [3.8, 4) is 0 Å². The molecule has 1 aromatic heterocycles. The van der Waals surface area contributed by atoms with E-state index < -0.39 is 0 Å². The van der Waals surface area contributed by atoms with Crippen LogP contribution < -0.4 is 5.32 Å². The highest BCUT2D eigenvalue weighted by atomic mass is 35.5. The molecule has 0 amide bonds. The Morgan fingerprint density at radius 1 is 1.39 bits per heavy atom. The number of methoxy groups -OCH3 is 1. The molecule has 1 heterocycles. The highest BCUT2D eigenvalue weighted by Gasteiger charge is 2.18. The van der Waals surface area contributed by atoms with Gasteiger partial charge in [-0.15, -0.1) is 0 Å². The number of allylic oxidation sites excluding steroid dienone is 1. The van der Waals surface area contributed by atoms with Crippen LogP contribution >= 0.6 is 23.2 Å². The molecule has 1 N–H and O–H groups in total. The van der Waals surface area contributed by atoms with Gasteiger partial charge in [0.25, 0.3) is 0 Å². The van der Waals surface area contributed by atoms with E-state index in [1.54, 1.807) is 13.2 Å². The van der Waals surface area contributed by atoms with Crippen LogP contribution in [0.3, 0.4) is 0 Å². The standard InChI is InChI=1S/C16H16Cl2FN3O/c1-3-4-10-5-6-11(19)7-12(10)14(9-23-2)21-15-13(17)8-20-16(18)22-15/h3-8,14H,9H2,1-2H3,(H,20,21,22). The minimum atomic E-state index is -0.356. The third-order valence-corrected chi connectivity index (χ3v) is 3.59. The van der Waals surface area contributed by atoms with Gasteiger partial charge in [0, 0.05) is 7.11 Å². The lowest BCUT2D eigenvalue weighted by Crippen LogP contribution is -2.18. The summed E-state index contributed by atoms with van der Waals surface area (Å²) in [6, 6.07) is 4.23. The molecule has 1 unspecified atom stereocenters. The van der Waals surface area contributed by atoms with Crippen LogP contribution in [0.1, 0.15) is 24.1 Å². The molecule has 0 aliphatic rings. The molecule has 1 atom stereocenters. The van der Waals surface area contributed by atoms with Crippen molar-refractivity contribution >= 4 is 35.1 Å². The zero-order valence-corrected chi connectivity index (χ0v) is 14.2. The van der Waals surface area contributed by atoms with Gasteiger partial charge in [0.15, 0.2) is 0 Å². The summed E-state index contributed by atoms with van der Waals surface area (Å²) in [7, 11) is 1.57. The zero-order chi connectivity index (χ0) is 16.8. The van der Waals surface area contributed by atoms with Gasteiger partial charge in [0.2, 0.25) is 5.28 Å². The molecular formula is C16H16Cl2FN3O. The second-order valence-electron chi connectivity index (χ2n) is 4.76. The van der Waals surface area contributed by atoms with Crippen molar-refractivity contribution < 1.29 is 9.13 Å². The number of ether oxygens (including phenoxy) is 1. The molecule has 1 aromatic carbocycles. The maximum absolute atomic E-state index is 13.7. The summed E-state index contributed by atoms with van der Waals surface area (Å²) in [5.41, 5.74) is 1.61. The van der Waals surface area contributed by atoms with Crippen LogP contribution in [0.5, 0.6) is 0 Å². The van der Waals surface area contributed by atoms with Crippen molar-refractivity contribution in [1.82, 2.24) is 9.97 Å². The first kappa shape index (κ1) is 17.7. The van der Waals surface area contributed by atoms with Crippen LogP contribution in [0.4, 0.5) is 10.2 Å². The molecule has 0 radical (unpaired) electrons. The van der Waals surface area contributed by atoms with Crippen molar-refractivity contribution in [3.63, 3.8) is 0 Å². The number of hydrogen-bond donors (Lipinski definition) is 1. The predicted molar refractivity (Wildman–Crippen MR) is 91.4 cm³/mol. The average Bonchev–Trinajstić information content (AvgIpc) is 2.52. The van der Waals surface area contributed by atoms with Crippen LogP contribution in [-0.2, 0) is 4.74 Å². The fraction of sp³-hybridized carbons (Fsp3) is 0.250. The van der Waals surface area contributed by atoms with Crippen LogP contribution in [0.2, 0.25) is 10.3 Å². The molecule has 23 heavy (non-hydrogen) atoms. The molecule has 2 aromatic rings. The summed E-state index contributed by atoms with van der Waals surface area (Å²) in [5.74, 6) is 0.0346. The molecular weight excluding hydrogens is 340 g/mol. The maximum Gasteiger partial charge on any atom is 0.224 e. The highest BCUT2D eigenvalue weighted by Crippen LogP contribution is 2.28. The third kappa shape index (κ3) is 4.64. The molecule has 0 aliphatic carbocycles. The van der Waals surface area contributed by atoms with Gasteiger partial charge in [-0.25, -0.2) is 9.37 Å². The van der Waals surface area contributed by atoms with Gasteiger partial charge in [0.05, 0.1) is 18.8 Å². The summed E-state index contributed by atoms with van der Waals surface area (Å²) >= 11 is 11.9. The zero-order valence-electron chi connectivity index (χ0n) is 12.7. The SMILES string of the molecule is CC=Cc1ccc(F)cc1C(COC)Nc1nc(Cl)ncc1Cl. The number of rotatable bonds is 6. The van der Waals surface area contributed by atoms with Gasteiger partial charge in [0.1, 0.15) is 16.7 Å². The Labute approximate surface area is 144 Å². The Kier molecular flexibility index (Phi) is 6.33. The number of nitrogens with zero attached hydrogens (tertiary/aromatic N) is 2. The summed E-state index contributed by atoms with van der Waals surface area (Å²) in [5, 5.41) is 3.53. The highest BCUT2D eigenvalue weighted by molar-refractivity contribution is 6.33. The molecule has 7 heteroatoms. The fourth-order valence-electron chi connectivity index (χ4n) is 2.17. The number of halogens is 3.